The Labute approximate surface area is 122 Å². The minimum atomic E-state index is -0.239. The zero-order chi connectivity index (χ0) is 13.7. The normalized spacial score (nSPS) is 10.0. The van der Waals surface area contributed by atoms with Crippen LogP contribution in [0.3, 0.4) is 0 Å². The Balaban J connectivity index is 1.88. The number of ether oxygens (including phenoxy) is 1. The highest BCUT2D eigenvalue weighted by Crippen LogP contribution is 2.19. The van der Waals surface area contributed by atoms with E-state index in [1.807, 2.05) is 12.1 Å². The van der Waals surface area contributed by atoms with Gasteiger partial charge in [-0.15, -0.1) is 12.6 Å². The highest BCUT2D eigenvalue weighted by molar-refractivity contribution is 7.80. The zero-order valence-electron chi connectivity index (χ0n) is 9.97. The fourth-order valence-electron chi connectivity index (χ4n) is 1.45. The van der Waals surface area contributed by atoms with Crippen LogP contribution in [0, 0.1) is 0 Å². The molecule has 0 bridgehead atoms. The van der Waals surface area contributed by atoms with Crippen molar-refractivity contribution >= 4 is 35.8 Å². The molecular weight excluding hydrogens is 282 g/mol. The fourth-order valence-corrected chi connectivity index (χ4v) is 1.79. The Hall–Kier alpha value is -1.65. The monoisotopic (exact) mass is 293 g/mol. The summed E-state index contributed by atoms with van der Waals surface area (Å²) in [6.45, 7) is -0.0657. The van der Waals surface area contributed by atoms with Gasteiger partial charge < -0.3 is 10.1 Å². The first-order chi connectivity index (χ1) is 9.15. The van der Waals surface area contributed by atoms with Gasteiger partial charge in [0, 0.05) is 9.92 Å². The standard InChI is InChI=1S/C14H12ClNO2S/c15-10-5-7-11(8-6-10)18-9-14(17)16-12-3-1-2-4-13(12)19/h1-8,19H,9H2,(H,16,17). The van der Waals surface area contributed by atoms with E-state index in [9.17, 15) is 4.79 Å². The molecule has 2 rings (SSSR count). The van der Waals surface area contributed by atoms with Crippen LogP contribution in [-0.4, -0.2) is 12.5 Å². The van der Waals surface area contributed by atoms with E-state index in [1.54, 1.807) is 36.4 Å². The first-order valence-electron chi connectivity index (χ1n) is 5.61. The second-order valence-electron chi connectivity index (χ2n) is 3.81. The second kappa shape index (κ2) is 6.50. The molecule has 3 nitrogen and oxygen atoms in total. The van der Waals surface area contributed by atoms with Crippen molar-refractivity contribution in [1.29, 1.82) is 0 Å². The van der Waals surface area contributed by atoms with Gasteiger partial charge in [-0.05, 0) is 36.4 Å². The van der Waals surface area contributed by atoms with Crippen molar-refractivity contribution in [2.45, 2.75) is 4.90 Å². The molecule has 1 amide bonds. The lowest BCUT2D eigenvalue weighted by Crippen LogP contribution is -2.20. The minimum absolute atomic E-state index is 0.0657. The molecule has 0 heterocycles. The number of carbonyl (C=O) groups excluding carboxylic acids is 1. The molecule has 0 atom stereocenters. The topological polar surface area (TPSA) is 38.3 Å². The molecule has 0 unspecified atom stereocenters. The molecule has 0 aliphatic rings. The predicted molar refractivity (Wildman–Crippen MR) is 79.3 cm³/mol. The Morgan fingerprint density at radius 2 is 1.84 bits per heavy atom. The van der Waals surface area contributed by atoms with Gasteiger partial charge in [0.1, 0.15) is 5.75 Å². The van der Waals surface area contributed by atoms with Gasteiger partial charge in [-0.25, -0.2) is 0 Å². The summed E-state index contributed by atoms with van der Waals surface area (Å²) < 4.78 is 5.34. The van der Waals surface area contributed by atoms with Gasteiger partial charge in [0.15, 0.2) is 6.61 Å². The van der Waals surface area contributed by atoms with Crippen LogP contribution in [0.25, 0.3) is 0 Å². The van der Waals surface area contributed by atoms with E-state index in [0.29, 0.717) is 21.4 Å². The first-order valence-corrected chi connectivity index (χ1v) is 6.44. The summed E-state index contributed by atoms with van der Waals surface area (Å²) in [5, 5.41) is 3.35. The van der Waals surface area contributed by atoms with E-state index >= 15 is 0 Å². The Kier molecular flexibility index (Phi) is 4.71. The van der Waals surface area contributed by atoms with Crippen LogP contribution in [0.15, 0.2) is 53.4 Å². The summed E-state index contributed by atoms with van der Waals surface area (Å²) >= 11 is 10.0. The zero-order valence-corrected chi connectivity index (χ0v) is 11.6. The van der Waals surface area contributed by atoms with Crippen molar-refractivity contribution in [3.63, 3.8) is 0 Å². The molecule has 0 saturated carbocycles. The van der Waals surface area contributed by atoms with E-state index in [1.165, 1.54) is 0 Å². The van der Waals surface area contributed by atoms with Crippen LogP contribution >= 0.6 is 24.2 Å². The first kappa shape index (κ1) is 13.8. The molecule has 19 heavy (non-hydrogen) atoms. The number of rotatable bonds is 4. The number of hydrogen-bond acceptors (Lipinski definition) is 3. The van der Waals surface area contributed by atoms with Crippen molar-refractivity contribution in [2.75, 3.05) is 11.9 Å². The molecule has 2 aromatic carbocycles. The van der Waals surface area contributed by atoms with Crippen LogP contribution < -0.4 is 10.1 Å². The summed E-state index contributed by atoms with van der Waals surface area (Å²) in [5.41, 5.74) is 0.663. The summed E-state index contributed by atoms with van der Waals surface area (Å²) in [6.07, 6.45) is 0. The van der Waals surface area contributed by atoms with Gasteiger partial charge in [-0.1, -0.05) is 23.7 Å². The molecule has 0 aliphatic heterocycles. The maximum atomic E-state index is 11.7. The van der Waals surface area contributed by atoms with Crippen molar-refractivity contribution in [2.24, 2.45) is 0 Å². The van der Waals surface area contributed by atoms with E-state index in [-0.39, 0.29) is 12.5 Å². The van der Waals surface area contributed by atoms with E-state index in [2.05, 4.69) is 17.9 Å². The highest BCUT2D eigenvalue weighted by atomic mass is 35.5. The molecule has 98 valence electrons. The molecule has 0 aromatic heterocycles. The van der Waals surface area contributed by atoms with Crippen LogP contribution in [0.2, 0.25) is 5.02 Å². The number of carbonyl (C=O) groups is 1. The number of nitrogens with one attached hydrogen (secondary N) is 1. The van der Waals surface area contributed by atoms with Crippen molar-refractivity contribution in [3.8, 4) is 5.75 Å². The Bertz CT molecular complexity index is 572. The average Bonchev–Trinajstić information content (AvgIpc) is 2.41. The van der Waals surface area contributed by atoms with Gasteiger partial charge in [0.2, 0.25) is 0 Å². The number of para-hydroxylation sites is 1. The summed E-state index contributed by atoms with van der Waals surface area (Å²) in [6, 6.07) is 14.1. The number of hydrogen-bond donors (Lipinski definition) is 2. The lowest BCUT2D eigenvalue weighted by atomic mass is 10.3. The van der Waals surface area contributed by atoms with Crippen LogP contribution in [0.5, 0.6) is 5.75 Å². The molecule has 0 fully saturated rings. The van der Waals surface area contributed by atoms with Crippen LogP contribution in [0.1, 0.15) is 0 Å². The van der Waals surface area contributed by atoms with Gasteiger partial charge in [-0.2, -0.15) is 0 Å². The number of anilines is 1. The van der Waals surface area contributed by atoms with Gasteiger partial charge in [0.05, 0.1) is 5.69 Å². The maximum Gasteiger partial charge on any atom is 0.262 e. The quantitative estimate of drug-likeness (QED) is 0.845. The Morgan fingerprint density at radius 1 is 1.16 bits per heavy atom. The average molecular weight is 294 g/mol. The lowest BCUT2D eigenvalue weighted by molar-refractivity contribution is -0.118. The highest BCUT2D eigenvalue weighted by Gasteiger charge is 2.05. The van der Waals surface area contributed by atoms with Crippen LogP contribution in [-0.2, 0) is 4.79 Å². The van der Waals surface area contributed by atoms with Crippen molar-refractivity contribution < 1.29 is 9.53 Å². The smallest absolute Gasteiger partial charge is 0.262 e. The number of halogens is 1. The van der Waals surface area contributed by atoms with Crippen molar-refractivity contribution in [1.82, 2.24) is 0 Å². The predicted octanol–water partition coefficient (Wildman–Crippen LogP) is 3.65. The third-order valence-electron chi connectivity index (χ3n) is 2.36. The summed E-state index contributed by atoms with van der Waals surface area (Å²) in [5.74, 6) is 0.357. The molecule has 0 aliphatic carbocycles. The largest absolute Gasteiger partial charge is 0.484 e. The molecule has 0 saturated heterocycles. The second-order valence-corrected chi connectivity index (χ2v) is 4.73. The molecule has 5 heteroatoms. The van der Waals surface area contributed by atoms with E-state index < -0.39 is 0 Å². The van der Waals surface area contributed by atoms with Gasteiger partial charge in [0.25, 0.3) is 5.91 Å². The van der Waals surface area contributed by atoms with E-state index in [4.69, 9.17) is 16.3 Å². The van der Waals surface area contributed by atoms with Gasteiger partial charge >= 0.3 is 0 Å². The minimum Gasteiger partial charge on any atom is -0.484 e. The van der Waals surface area contributed by atoms with Gasteiger partial charge in [-0.3, -0.25) is 4.79 Å². The molecule has 0 radical (unpaired) electrons. The SMILES string of the molecule is O=C(COc1ccc(Cl)cc1)Nc1ccccc1S. The molecule has 0 spiro atoms. The maximum absolute atomic E-state index is 11.7. The van der Waals surface area contributed by atoms with Crippen LogP contribution in [0.4, 0.5) is 5.69 Å². The third kappa shape index (κ3) is 4.19. The number of thiol groups is 1. The lowest BCUT2D eigenvalue weighted by Gasteiger charge is -2.09. The van der Waals surface area contributed by atoms with E-state index in [0.717, 1.165) is 0 Å². The molecule has 1 N–H and O–H groups in total. The van der Waals surface area contributed by atoms with Crippen molar-refractivity contribution in [3.05, 3.63) is 53.6 Å². The molecular formula is C14H12ClNO2S. The third-order valence-corrected chi connectivity index (χ3v) is 3.00. The Morgan fingerprint density at radius 3 is 2.53 bits per heavy atom. The number of benzene rings is 2. The molecule has 2 aromatic rings. The number of amides is 1. The fraction of sp³-hybridized carbons (Fsp3) is 0.0714. The summed E-state index contributed by atoms with van der Waals surface area (Å²) in [4.78, 5) is 12.4. The summed E-state index contributed by atoms with van der Waals surface area (Å²) in [7, 11) is 0.